The molecule has 2 heterocycles. The molecule has 2 aromatic rings. The number of hydrogen-bond acceptors (Lipinski definition) is 5. The van der Waals surface area contributed by atoms with Gasteiger partial charge in [0.2, 0.25) is 11.8 Å². The number of carbonyl (C=O) groups is 3. The van der Waals surface area contributed by atoms with Crippen molar-refractivity contribution in [1.29, 1.82) is 0 Å². The van der Waals surface area contributed by atoms with Crippen LogP contribution in [0.5, 0.6) is 5.75 Å². The number of fused-ring (bicyclic) bond motifs is 1. The van der Waals surface area contributed by atoms with Gasteiger partial charge in [-0.3, -0.25) is 19.7 Å². The molecule has 0 aliphatic carbocycles. The van der Waals surface area contributed by atoms with Crippen LogP contribution in [0.25, 0.3) is 0 Å². The van der Waals surface area contributed by atoms with Crippen LogP contribution in [0, 0.1) is 17.7 Å². The van der Waals surface area contributed by atoms with Gasteiger partial charge in [0.15, 0.2) is 0 Å². The topological polar surface area (TPSA) is 107 Å². The molecule has 0 saturated carbocycles. The molecular formula is C19H14BrFN2O5. The summed E-state index contributed by atoms with van der Waals surface area (Å²) in [5.74, 6) is -5.33. The summed E-state index contributed by atoms with van der Waals surface area (Å²) in [5, 5.41) is 22.6. The number of hydrogen-bond donors (Lipinski definition) is 3. The number of anilines is 1. The van der Waals surface area contributed by atoms with E-state index in [1.165, 1.54) is 18.2 Å². The summed E-state index contributed by atoms with van der Waals surface area (Å²) < 4.78 is 13.9. The van der Waals surface area contributed by atoms with Crippen LogP contribution in [0.3, 0.4) is 0 Å². The van der Waals surface area contributed by atoms with Crippen molar-refractivity contribution in [3.8, 4) is 5.75 Å². The zero-order valence-corrected chi connectivity index (χ0v) is 15.8. The van der Waals surface area contributed by atoms with Crippen LogP contribution in [0.15, 0.2) is 46.9 Å². The van der Waals surface area contributed by atoms with Gasteiger partial charge in [-0.25, -0.2) is 9.29 Å². The lowest BCUT2D eigenvalue weighted by Crippen LogP contribution is -2.43. The summed E-state index contributed by atoms with van der Waals surface area (Å²) >= 11 is 3.29. The molecule has 4 rings (SSSR count). The first kappa shape index (κ1) is 18.6. The number of phenolic OH excluding ortho intramolecular Hbond substituents is 1. The predicted molar refractivity (Wildman–Crippen MR) is 99.0 cm³/mol. The Labute approximate surface area is 166 Å². The van der Waals surface area contributed by atoms with E-state index >= 15 is 0 Å². The van der Waals surface area contributed by atoms with Crippen LogP contribution in [0.2, 0.25) is 0 Å². The Hall–Kier alpha value is -2.78. The van der Waals surface area contributed by atoms with Crippen molar-refractivity contribution in [1.82, 2.24) is 5.32 Å². The van der Waals surface area contributed by atoms with Crippen molar-refractivity contribution >= 4 is 39.4 Å². The quantitative estimate of drug-likeness (QED) is 0.621. The van der Waals surface area contributed by atoms with Crippen LogP contribution >= 0.6 is 15.9 Å². The molecule has 0 bridgehead atoms. The van der Waals surface area contributed by atoms with Crippen molar-refractivity contribution in [2.24, 2.45) is 11.8 Å². The number of amides is 2. The number of nitrogens with one attached hydrogen (secondary N) is 1. The van der Waals surface area contributed by atoms with Gasteiger partial charge in [-0.2, -0.15) is 0 Å². The number of aromatic hydroxyl groups is 1. The molecule has 2 amide bonds. The second kappa shape index (κ2) is 6.68. The first-order valence-electron chi connectivity index (χ1n) is 8.40. The standard InChI is InChI=1S/C19H14BrFN2O5/c20-8-1-6-12(24)11(7-8)15-13-14(16(22-15)19(27)28)18(26)23(17(13)25)10-4-2-9(21)3-5-10/h1-7,13-16,22,24H,(H,27,28)/t13-,14+,15+,16+/m0/s1. The number of phenols is 1. The molecule has 0 aromatic heterocycles. The second-order valence-electron chi connectivity index (χ2n) is 6.70. The molecule has 0 spiro atoms. The SMILES string of the molecule is O=C(O)[C@@H]1N[C@H](c2cc(Br)ccc2O)[C@H]2C(=O)N(c3ccc(F)cc3)C(=O)[C@H]21. The summed E-state index contributed by atoms with van der Waals surface area (Å²) in [7, 11) is 0. The first-order valence-corrected chi connectivity index (χ1v) is 9.19. The minimum absolute atomic E-state index is 0.119. The molecule has 0 radical (unpaired) electrons. The van der Waals surface area contributed by atoms with Gasteiger partial charge < -0.3 is 10.2 Å². The lowest BCUT2D eigenvalue weighted by Gasteiger charge is -2.22. The molecule has 2 saturated heterocycles. The molecule has 2 aromatic carbocycles. The van der Waals surface area contributed by atoms with Gasteiger partial charge in [-0.15, -0.1) is 0 Å². The minimum atomic E-state index is -1.30. The van der Waals surface area contributed by atoms with Gasteiger partial charge in [0.1, 0.15) is 17.6 Å². The van der Waals surface area contributed by atoms with Gasteiger partial charge in [-0.05, 0) is 42.5 Å². The maximum atomic E-state index is 13.2. The molecule has 4 atom stereocenters. The Kier molecular flexibility index (Phi) is 4.43. The highest BCUT2D eigenvalue weighted by atomic mass is 79.9. The number of carbonyl (C=O) groups excluding carboxylic acids is 2. The van der Waals surface area contributed by atoms with Crippen LogP contribution < -0.4 is 10.2 Å². The fourth-order valence-corrected chi connectivity index (χ4v) is 4.32. The zero-order chi connectivity index (χ0) is 20.2. The molecule has 144 valence electrons. The number of aliphatic carboxylic acids is 1. The van der Waals surface area contributed by atoms with E-state index in [1.807, 2.05) is 0 Å². The fraction of sp³-hybridized carbons (Fsp3) is 0.211. The predicted octanol–water partition coefficient (Wildman–Crippen LogP) is 2.20. The largest absolute Gasteiger partial charge is 0.508 e. The fourth-order valence-electron chi connectivity index (χ4n) is 3.94. The molecule has 2 fully saturated rings. The van der Waals surface area contributed by atoms with E-state index in [1.54, 1.807) is 12.1 Å². The second-order valence-corrected chi connectivity index (χ2v) is 7.62. The van der Waals surface area contributed by atoms with Crippen molar-refractivity contribution in [2.75, 3.05) is 4.90 Å². The van der Waals surface area contributed by atoms with Gasteiger partial charge >= 0.3 is 5.97 Å². The molecular weight excluding hydrogens is 435 g/mol. The molecule has 2 aliphatic heterocycles. The van der Waals surface area contributed by atoms with Crippen LogP contribution in [0.4, 0.5) is 10.1 Å². The normalized spacial score (nSPS) is 26.6. The van der Waals surface area contributed by atoms with Gasteiger partial charge in [-0.1, -0.05) is 15.9 Å². The van der Waals surface area contributed by atoms with Gasteiger partial charge in [0.25, 0.3) is 0 Å². The van der Waals surface area contributed by atoms with E-state index in [0.717, 1.165) is 17.0 Å². The van der Waals surface area contributed by atoms with E-state index in [0.29, 0.717) is 10.0 Å². The third-order valence-electron chi connectivity index (χ3n) is 5.15. The van der Waals surface area contributed by atoms with Gasteiger partial charge in [0, 0.05) is 16.1 Å². The number of carboxylic acid groups (broad SMARTS) is 1. The molecule has 0 unspecified atom stereocenters. The number of halogens is 2. The highest BCUT2D eigenvalue weighted by Crippen LogP contribution is 2.47. The number of imide groups is 1. The highest BCUT2D eigenvalue weighted by Gasteiger charge is 2.61. The van der Waals surface area contributed by atoms with Crippen LogP contribution in [-0.4, -0.2) is 34.0 Å². The maximum absolute atomic E-state index is 13.2. The average Bonchev–Trinajstić information content (AvgIpc) is 3.16. The Morgan fingerprint density at radius 3 is 2.36 bits per heavy atom. The Morgan fingerprint density at radius 2 is 1.71 bits per heavy atom. The first-order chi connectivity index (χ1) is 13.3. The number of nitrogens with zero attached hydrogens (tertiary/aromatic N) is 1. The monoisotopic (exact) mass is 448 g/mol. The molecule has 7 nitrogen and oxygen atoms in total. The summed E-state index contributed by atoms with van der Waals surface area (Å²) in [5.41, 5.74) is 0.488. The molecule has 2 aliphatic rings. The maximum Gasteiger partial charge on any atom is 0.321 e. The highest BCUT2D eigenvalue weighted by molar-refractivity contribution is 9.10. The summed E-state index contributed by atoms with van der Waals surface area (Å²) in [6.45, 7) is 0. The third kappa shape index (κ3) is 2.78. The summed E-state index contributed by atoms with van der Waals surface area (Å²) in [6, 6.07) is 7.26. The number of benzene rings is 2. The van der Waals surface area contributed by atoms with Crippen molar-refractivity contribution in [2.45, 2.75) is 12.1 Å². The summed E-state index contributed by atoms with van der Waals surface area (Å²) in [4.78, 5) is 38.7. The zero-order valence-electron chi connectivity index (χ0n) is 14.2. The molecule has 3 N–H and O–H groups in total. The summed E-state index contributed by atoms with van der Waals surface area (Å²) in [6.07, 6.45) is 0. The van der Waals surface area contributed by atoms with Gasteiger partial charge in [0.05, 0.1) is 17.5 Å². The smallest absolute Gasteiger partial charge is 0.321 e. The molecule has 9 heteroatoms. The van der Waals surface area contributed by atoms with E-state index < -0.39 is 47.5 Å². The van der Waals surface area contributed by atoms with E-state index in [9.17, 15) is 29.0 Å². The Balaban J connectivity index is 1.80. The van der Waals surface area contributed by atoms with E-state index in [4.69, 9.17) is 0 Å². The Morgan fingerprint density at radius 1 is 1.07 bits per heavy atom. The van der Waals surface area contributed by atoms with E-state index in [-0.39, 0.29) is 11.4 Å². The lowest BCUT2D eigenvalue weighted by atomic mass is 9.86. The van der Waals surface area contributed by atoms with Crippen molar-refractivity contribution < 1.29 is 29.0 Å². The van der Waals surface area contributed by atoms with Crippen molar-refractivity contribution in [3.63, 3.8) is 0 Å². The lowest BCUT2D eigenvalue weighted by molar-refractivity contribution is -0.142. The Bertz CT molecular complexity index is 996. The van der Waals surface area contributed by atoms with E-state index in [2.05, 4.69) is 21.2 Å². The number of carboxylic acids is 1. The van der Waals surface area contributed by atoms with Crippen LogP contribution in [0.1, 0.15) is 11.6 Å². The average molecular weight is 449 g/mol. The number of rotatable bonds is 3. The minimum Gasteiger partial charge on any atom is -0.508 e. The van der Waals surface area contributed by atoms with Crippen molar-refractivity contribution in [3.05, 3.63) is 58.3 Å². The molecule has 28 heavy (non-hydrogen) atoms. The third-order valence-corrected chi connectivity index (χ3v) is 5.64. The van der Waals surface area contributed by atoms with Crippen LogP contribution in [-0.2, 0) is 14.4 Å².